The zero-order valence-corrected chi connectivity index (χ0v) is 16.3. The van der Waals surface area contributed by atoms with Crippen LogP contribution in [0.15, 0.2) is 53.1 Å². The van der Waals surface area contributed by atoms with E-state index in [4.69, 9.17) is 25.6 Å². The Bertz CT molecular complexity index is 944. The molecule has 1 atom stereocenters. The van der Waals surface area contributed by atoms with Crippen molar-refractivity contribution in [2.75, 3.05) is 7.11 Å². The van der Waals surface area contributed by atoms with Crippen LogP contribution in [0.4, 0.5) is 0 Å². The summed E-state index contributed by atoms with van der Waals surface area (Å²) in [5.41, 5.74) is 0.758. The second-order valence-electron chi connectivity index (χ2n) is 5.91. The van der Waals surface area contributed by atoms with E-state index in [1.54, 1.807) is 37.4 Å². The third kappa shape index (κ3) is 4.80. The number of amides is 1. The number of carbonyl (C=O) groups is 1. The van der Waals surface area contributed by atoms with E-state index in [-0.39, 0.29) is 12.5 Å². The molecule has 0 aliphatic carbocycles. The topological polar surface area (TPSA) is 86.5 Å². The number of benzene rings is 2. The van der Waals surface area contributed by atoms with Gasteiger partial charge in [0.1, 0.15) is 11.5 Å². The van der Waals surface area contributed by atoms with Crippen molar-refractivity contribution >= 4 is 17.5 Å². The number of hydrogen-bond donors (Lipinski definition) is 1. The van der Waals surface area contributed by atoms with Crippen molar-refractivity contribution in [3.05, 3.63) is 59.4 Å². The van der Waals surface area contributed by atoms with Crippen molar-refractivity contribution in [3.8, 4) is 22.9 Å². The summed E-state index contributed by atoms with van der Waals surface area (Å²) in [6.45, 7) is 1.95. The number of aromatic nitrogens is 2. The van der Waals surface area contributed by atoms with Gasteiger partial charge in [0.2, 0.25) is 11.7 Å². The number of nitrogens with zero attached hydrogens (tertiary/aromatic N) is 2. The average molecular weight is 402 g/mol. The van der Waals surface area contributed by atoms with Gasteiger partial charge in [-0.3, -0.25) is 4.79 Å². The first-order valence-electron chi connectivity index (χ1n) is 8.76. The number of methoxy groups -OCH3 is 1. The Kier molecular flexibility index (Phi) is 6.49. The lowest BCUT2D eigenvalue weighted by molar-refractivity contribution is -0.128. The maximum atomic E-state index is 12.4. The first-order valence-corrected chi connectivity index (χ1v) is 9.14. The van der Waals surface area contributed by atoms with E-state index < -0.39 is 6.10 Å². The van der Waals surface area contributed by atoms with Crippen molar-refractivity contribution < 1.29 is 18.8 Å². The molecule has 146 valence electrons. The molecular formula is C20H20ClN3O4. The van der Waals surface area contributed by atoms with Crippen molar-refractivity contribution in [1.82, 2.24) is 15.5 Å². The van der Waals surface area contributed by atoms with Gasteiger partial charge in [0.05, 0.1) is 18.7 Å². The lowest BCUT2D eigenvalue weighted by Gasteiger charge is -2.17. The molecule has 0 aliphatic rings. The monoisotopic (exact) mass is 401 g/mol. The van der Waals surface area contributed by atoms with Crippen LogP contribution in [0.5, 0.6) is 11.5 Å². The maximum Gasteiger partial charge on any atom is 0.261 e. The van der Waals surface area contributed by atoms with Crippen LogP contribution in [0.2, 0.25) is 5.02 Å². The van der Waals surface area contributed by atoms with E-state index >= 15 is 0 Å². The molecule has 0 bridgehead atoms. The fourth-order valence-corrected chi connectivity index (χ4v) is 2.68. The molecule has 8 heteroatoms. The standard InChI is InChI=1S/C20H20ClN3O4/c1-3-16(27-17-10-5-4-9-15(17)21)20(25)22-12-18-23-19(24-28-18)13-7-6-8-14(11-13)26-2/h4-11,16H,3,12H2,1-2H3,(H,22,25)/t16-/m0/s1. The summed E-state index contributed by atoms with van der Waals surface area (Å²) in [5.74, 6) is 1.58. The summed E-state index contributed by atoms with van der Waals surface area (Å²) in [6.07, 6.45) is -0.198. The molecule has 0 radical (unpaired) electrons. The fraction of sp³-hybridized carbons (Fsp3) is 0.250. The third-order valence-corrected chi connectivity index (χ3v) is 4.29. The molecule has 1 aromatic heterocycles. The first kappa shape index (κ1) is 19.7. The lowest BCUT2D eigenvalue weighted by Crippen LogP contribution is -2.37. The van der Waals surface area contributed by atoms with E-state index in [1.807, 2.05) is 25.1 Å². The number of para-hydroxylation sites is 1. The summed E-state index contributed by atoms with van der Waals surface area (Å²) in [6, 6.07) is 14.3. The molecule has 3 aromatic rings. The Labute approximate surface area is 167 Å². The quantitative estimate of drug-likeness (QED) is 0.616. The summed E-state index contributed by atoms with van der Waals surface area (Å²) < 4.78 is 16.1. The molecule has 0 aliphatic heterocycles. The van der Waals surface area contributed by atoms with Crippen LogP contribution >= 0.6 is 11.6 Å². The SMILES string of the molecule is CC[C@H](Oc1ccccc1Cl)C(=O)NCc1nc(-c2cccc(OC)c2)no1. The van der Waals surface area contributed by atoms with Gasteiger partial charge in [0, 0.05) is 5.56 Å². The van der Waals surface area contributed by atoms with Gasteiger partial charge in [0.25, 0.3) is 5.91 Å². The van der Waals surface area contributed by atoms with Gasteiger partial charge >= 0.3 is 0 Å². The van der Waals surface area contributed by atoms with Crippen LogP contribution in [0, 0.1) is 0 Å². The summed E-state index contributed by atoms with van der Waals surface area (Å²) in [4.78, 5) is 16.7. The molecule has 0 fully saturated rings. The van der Waals surface area contributed by atoms with Gasteiger partial charge in [0.15, 0.2) is 6.10 Å². The first-order chi connectivity index (χ1) is 13.6. The molecule has 1 amide bonds. The number of carbonyl (C=O) groups excluding carboxylic acids is 1. The number of rotatable bonds is 8. The highest BCUT2D eigenvalue weighted by atomic mass is 35.5. The van der Waals surface area contributed by atoms with Gasteiger partial charge in [-0.25, -0.2) is 0 Å². The van der Waals surface area contributed by atoms with Crippen molar-refractivity contribution in [3.63, 3.8) is 0 Å². The van der Waals surface area contributed by atoms with Crippen LogP contribution in [0.1, 0.15) is 19.2 Å². The molecule has 0 saturated carbocycles. The van der Waals surface area contributed by atoms with Gasteiger partial charge in [-0.1, -0.05) is 47.9 Å². The maximum absolute atomic E-state index is 12.4. The van der Waals surface area contributed by atoms with Gasteiger partial charge in [-0.2, -0.15) is 4.98 Å². The van der Waals surface area contributed by atoms with E-state index in [0.717, 1.165) is 5.56 Å². The lowest BCUT2D eigenvalue weighted by atomic mass is 10.2. The van der Waals surface area contributed by atoms with Crippen LogP contribution in [0.25, 0.3) is 11.4 Å². The van der Waals surface area contributed by atoms with Crippen molar-refractivity contribution in [2.45, 2.75) is 26.0 Å². The molecule has 0 unspecified atom stereocenters. The van der Waals surface area contributed by atoms with Gasteiger partial charge in [-0.05, 0) is 30.7 Å². The summed E-state index contributed by atoms with van der Waals surface area (Å²) >= 11 is 6.09. The number of nitrogens with one attached hydrogen (secondary N) is 1. The molecule has 0 saturated heterocycles. The van der Waals surface area contributed by atoms with Gasteiger partial charge < -0.3 is 19.3 Å². The predicted molar refractivity (Wildman–Crippen MR) is 104 cm³/mol. The highest BCUT2D eigenvalue weighted by Crippen LogP contribution is 2.25. The zero-order chi connectivity index (χ0) is 19.9. The predicted octanol–water partition coefficient (Wildman–Crippen LogP) is 3.87. The minimum absolute atomic E-state index is 0.0954. The summed E-state index contributed by atoms with van der Waals surface area (Å²) in [5, 5.41) is 7.14. The molecular weight excluding hydrogens is 382 g/mol. The fourth-order valence-electron chi connectivity index (χ4n) is 2.50. The Hall–Kier alpha value is -3.06. The molecule has 3 rings (SSSR count). The third-order valence-electron chi connectivity index (χ3n) is 3.98. The molecule has 0 spiro atoms. The van der Waals surface area contributed by atoms with Gasteiger partial charge in [-0.15, -0.1) is 0 Å². The second kappa shape index (κ2) is 9.23. The number of hydrogen-bond acceptors (Lipinski definition) is 6. The van der Waals surface area contributed by atoms with Crippen LogP contribution in [-0.4, -0.2) is 29.3 Å². The van der Waals surface area contributed by atoms with Crippen molar-refractivity contribution in [1.29, 1.82) is 0 Å². The normalized spacial score (nSPS) is 11.7. The largest absolute Gasteiger partial charge is 0.497 e. The minimum atomic E-state index is -0.680. The average Bonchev–Trinajstić information content (AvgIpc) is 3.20. The Balaban J connectivity index is 1.61. The highest BCUT2D eigenvalue weighted by molar-refractivity contribution is 6.32. The van der Waals surface area contributed by atoms with Crippen LogP contribution < -0.4 is 14.8 Å². The highest BCUT2D eigenvalue weighted by Gasteiger charge is 2.20. The molecule has 2 aromatic carbocycles. The second-order valence-corrected chi connectivity index (χ2v) is 6.31. The van der Waals surface area contributed by atoms with Crippen molar-refractivity contribution in [2.24, 2.45) is 0 Å². The Morgan fingerprint density at radius 1 is 1.25 bits per heavy atom. The smallest absolute Gasteiger partial charge is 0.261 e. The molecule has 1 N–H and O–H groups in total. The summed E-state index contributed by atoms with van der Waals surface area (Å²) in [7, 11) is 1.59. The van der Waals surface area contributed by atoms with E-state index in [0.29, 0.717) is 34.7 Å². The molecule has 1 heterocycles. The Morgan fingerprint density at radius 2 is 2.07 bits per heavy atom. The zero-order valence-electron chi connectivity index (χ0n) is 15.5. The minimum Gasteiger partial charge on any atom is -0.497 e. The van der Waals surface area contributed by atoms with E-state index in [9.17, 15) is 4.79 Å². The van der Waals surface area contributed by atoms with E-state index in [1.165, 1.54) is 0 Å². The Morgan fingerprint density at radius 3 is 2.82 bits per heavy atom. The number of halogens is 1. The molecule has 7 nitrogen and oxygen atoms in total. The van der Waals surface area contributed by atoms with E-state index in [2.05, 4.69) is 15.5 Å². The van der Waals surface area contributed by atoms with Crippen LogP contribution in [0.3, 0.4) is 0 Å². The number of ether oxygens (including phenoxy) is 2. The molecule has 28 heavy (non-hydrogen) atoms. The van der Waals surface area contributed by atoms with Crippen LogP contribution in [-0.2, 0) is 11.3 Å².